The fraction of sp³-hybridized carbons (Fsp3) is 0.500. The van der Waals surface area contributed by atoms with Crippen LogP contribution in [0.25, 0.3) is 0 Å². The highest BCUT2D eigenvalue weighted by Gasteiger charge is 2.24. The van der Waals surface area contributed by atoms with E-state index in [1.165, 1.54) is 0 Å². The lowest BCUT2D eigenvalue weighted by Crippen LogP contribution is -2.34. The third-order valence-electron chi connectivity index (χ3n) is 4.23. The Kier molecular flexibility index (Phi) is 3.92. The molecule has 0 aromatic heterocycles. The van der Waals surface area contributed by atoms with E-state index >= 15 is 0 Å². The Morgan fingerprint density at radius 1 is 1.14 bits per heavy atom. The van der Waals surface area contributed by atoms with Crippen LogP contribution in [0.15, 0.2) is 18.2 Å². The first kappa shape index (κ1) is 14.1. The fourth-order valence-corrected chi connectivity index (χ4v) is 3.09. The van der Waals surface area contributed by atoms with Crippen molar-refractivity contribution in [2.75, 3.05) is 37.6 Å². The number of hydrogen-bond donors (Lipinski definition) is 1. The van der Waals surface area contributed by atoms with E-state index in [0.717, 1.165) is 62.4 Å². The number of amides is 2. The predicted molar refractivity (Wildman–Crippen MR) is 81.6 cm³/mol. The SMILES string of the molecule is CC(=O)N1CCc2cc(C(=O)N3CCCNCC3)ccc21. The second-order valence-electron chi connectivity index (χ2n) is 5.66. The zero-order valence-electron chi connectivity index (χ0n) is 12.4. The number of hydrogen-bond acceptors (Lipinski definition) is 3. The van der Waals surface area contributed by atoms with Crippen molar-refractivity contribution >= 4 is 17.5 Å². The van der Waals surface area contributed by atoms with Crippen molar-refractivity contribution in [3.63, 3.8) is 0 Å². The maximum atomic E-state index is 12.6. The van der Waals surface area contributed by atoms with E-state index in [9.17, 15) is 9.59 Å². The van der Waals surface area contributed by atoms with Crippen LogP contribution in [0.2, 0.25) is 0 Å². The molecule has 0 bridgehead atoms. The van der Waals surface area contributed by atoms with Crippen LogP contribution in [-0.2, 0) is 11.2 Å². The lowest BCUT2D eigenvalue weighted by atomic mass is 10.1. The Balaban J connectivity index is 1.81. The number of nitrogens with zero attached hydrogens (tertiary/aromatic N) is 2. The van der Waals surface area contributed by atoms with Crippen molar-refractivity contribution in [1.29, 1.82) is 0 Å². The second kappa shape index (κ2) is 5.85. The van der Waals surface area contributed by atoms with Crippen molar-refractivity contribution in [2.24, 2.45) is 0 Å². The summed E-state index contributed by atoms with van der Waals surface area (Å²) in [5, 5.41) is 3.31. The molecular weight excluding hydrogens is 266 g/mol. The van der Waals surface area contributed by atoms with E-state index in [2.05, 4.69) is 5.32 Å². The van der Waals surface area contributed by atoms with Crippen molar-refractivity contribution in [3.05, 3.63) is 29.3 Å². The molecule has 3 rings (SSSR count). The molecule has 0 aliphatic carbocycles. The Labute approximate surface area is 124 Å². The molecular formula is C16H21N3O2. The van der Waals surface area contributed by atoms with Crippen LogP contribution >= 0.6 is 0 Å². The van der Waals surface area contributed by atoms with Crippen molar-refractivity contribution in [3.8, 4) is 0 Å². The molecule has 0 spiro atoms. The number of carbonyl (C=O) groups is 2. The van der Waals surface area contributed by atoms with Crippen molar-refractivity contribution in [2.45, 2.75) is 19.8 Å². The third-order valence-corrected chi connectivity index (χ3v) is 4.23. The first-order chi connectivity index (χ1) is 10.2. The Bertz CT molecular complexity index is 563. The number of anilines is 1. The second-order valence-corrected chi connectivity index (χ2v) is 5.66. The molecule has 1 N–H and O–H groups in total. The zero-order valence-corrected chi connectivity index (χ0v) is 12.4. The van der Waals surface area contributed by atoms with Gasteiger partial charge in [-0.05, 0) is 43.1 Å². The summed E-state index contributed by atoms with van der Waals surface area (Å²) in [6, 6.07) is 5.71. The molecule has 0 unspecified atom stereocenters. The molecule has 0 radical (unpaired) electrons. The van der Waals surface area contributed by atoms with Crippen molar-refractivity contribution in [1.82, 2.24) is 10.2 Å². The molecule has 1 fully saturated rings. The van der Waals surface area contributed by atoms with Crippen LogP contribution in [0.5, 0.6) is 0 Å². The van der Waals surface area contributed by atoms with Gasteiger partial charge in [-0.25, -0.2) is 0 Å². The van der Waals surface area contributed by atoms with Gasteiger partial charge in [0.2, 0.25) is 5.91 Å². The van der Waals surface area contributed by atoms with Gasteiger partial charge in [-0.2, -0.15) is 0 Å². The van der Waals surface area contributed by atoms with Crippen molar-refractivity contribution < 1.29 is 9.59 Å². The molecule has 2 aliphatic heterocycles. The lowest BCUT2D eigenvalue weighted by Gasteiger charge is -2.20. The summed E-state index contributed by atoms with van der Waals surface area (Å²) in [4.78, 5) is 27.8. The summed E-state index contributed by atoms with van der Waals surface area (Å²) >= 11 is 0. The van der Waals surface area contributed by atoms with Gasteiger partial charge in [0, 0.05) is 44.4 Å². The summed E-state index contributed by atoms with van der Waals surface area (Å²) in [6.07, 6.45) is 1.83. The molecule has 1 aromatic rings. The standard InChI is InChI=1S/C16H21N3O2/c1-12(20)19-9-5-13-11-14(3-4-15(13)19)16(21)18-8-2-6-17-7-10-18/h3-4,11,17H,2,5-10H2,1H3. The Morgan fingerprint density at radius 2 is 2.00 bits per heavy atom. The van der Waals surface area contributed by atoms with E-state index in [1.807, 2.05) is 23.1 Å². The number of benzene rings is 1. The van der Waals surface area contributed by atoms with Gasteiger partial charge < -0.3 is 15.1 Å². The summed E-state index contributed by atoms with van der Waals surface area (Å²) in [7, 11) is 0. The van der Waals surface area contributed by atoms with E-state index in [0.29, 0.717) is 0 Å². The van der Waals surface area contributed by atoms with Crippen LogP contribution < -0.4 is 10.2 Å². The lowest BCUT2D eigenvalue weighted by molar-refractivity contribution is -0.116. The zero-order chi connectivity index (χ0) is 14.8. The third kappa shape index (κ3) is 2.78. The molecule has 5 heteroatoms. The van der Waals surface area contributed by atoms with Gasteiger partial charge in [-0.1, -0.05) is 0 Å². The normalized spacial score (nSPS) is 18.3. The quantitative estimate of drug-likeness (QED) is 0.839. The molecule has 5 nitrogen and oxygen atoms in total. The molecule has 1 saturated heterocycles. The smallest absolute Gasteiger partial charge is 0.253 e. The summed E-state index contributed by atoms with van der Waals surface area (Å²) in [5.74, 6) is 0.161. The van der Waals surface area contributed by atoms with Crippen LogP contribution in [0.3, 0.4) is 0 Å². The fourth-order valence-electron chi connectivity index (χ4n) is 3.09. The maximum Gasteiger partial charge on any atom is 0.253 e. The molecule has 2 heterocycles. The summed E-state index contributed by atoms with van der Waals surface area (Å²) in [6.45, 7) is 5.70. The van der Waals surface area contributed by atoms with Gasteiger partial charge in [-0.3, -0.25) is 9.59 Å². The van der Waals surface area contributed by atoms with Gasteiger partial charge in [-0.15, -0.1) is 0 Å². The molecule has 2 amide bonds. The minimum absolute atomic E-state index is 0.0615. The highest BCUT2D eigenvalue weighted by atomic mass is 16.2. The largest absolute Gasteiger partial charge is 0.337 e. The Hall–Kier alpha value is -1.88. The average Bonchev–Trinajstić information content (AvgIpc) is 2.72. The van der Waals surface area contributed by atoms with Crippen LogP contribution in [-0.4, -0.2) is 49.4 Å². The Morgan fingerprint density at radius 3 is 2.81 bits per heavy atom. The number of rotatable bonds is 1. The van der Waals surface area contributed by atoms with Crippen LogP contribution in [0, 0.1) is 0 Å². The minimum atomic E-state index is 0.0615. The average molecular weight is 287 g/mol. The monoisotopic (exact) mass is 287 g/mol. The van der Waals surface area contributed by atoms with E-state index in [1.54, 1.807) is 11.8 Å². The maximum absolute atomic E-state index is 12.6. The molecule has 112 valence electrons. The van der Waals surface area contributed by atoms with E-state index in [-0.39, 0.29) is 11.8 Å². The van der Waals surface area contributed by atoms with Gasteiger partial charge in [0.05, 0.1) is 0 Å². The van der Waals surface area contributed by atoms with Gasteiger partial charge in [0.15, 0.2) is 0 Å². The van der Waals surface area contributed by atoms with E-state index in [4.69, 9.17) is 0 Å². The van der Waals surface area contributed by atoms with Crippen LogP contribution in [0.4, 0.5) is 5.69 Å². The topological polar surface area (TPSA) is 52.7 Å². The van der Waals surface area contributed by atoms with Gasteiger partial charge >= 0.3 is 0 Å². The molecule has 21 heavy (non-hydrogen) atoms. The highest BCUT2D eigenvalue weighted by molar-refractivity contribution is 5.97. The number of nitrogens with one attached hydrogen (secondary N) is 1. The molecule has 0 atom stereocenters. The first-order valence-corrected chi connectivity index (χ1v) is 7.58. The highest BCUT2D eigenvalue weighted by Crippen LogP contribution is 2.29. The summed E-state index contributed by atoms with van der Waals surface area (Å²) < 4.78 is 0. The van der Waals surface area contributed by atoms with E-state index < -0.39 is 0 Å². The first-order valence-electron chi connectivity index (χ1n) is 7.58. The van der Waals surface area contributed by atoms with Crippen LogP contribution in [0.1, 0.15) is 29.3 Å². The number of carbonyl (C=O) groups excluding carboxylic acids is 2. The molecule has 0 saturated carbocycles. The molecule has 1 aromatic carbocycles. The van der Waals surface area contributed by atoms with Gasteiger partial charge in [0.25, 0.3) is 5.91 Å². The molecule has 2 aliphatic rings. The minimum Gasteiger partial charge on any atom is -0.337 e. The summed E-state index contributed by atoms with van der Waals surface area (Å²) in [5.41, 5.74) is 2.79. The van der Waals surface area contributed by atoms with Gasteiger partial charge in [0.1, 0.15) is 0 Å². The number of fused-ring (bicyclic) bond motifs is 1. The predicted octanol–water partition coefficient (Wildman–Crippen LogP) is 1.03.